The normalized spacial score (nSPS) is 23.0. The molecule has 3 fully saturated rings. The number of nitrogens with one attached hydrogen (secondary N) is 2. The highest BCUT2D eigenvalue weighted by Gasteiger charge is 2.39. The molecule has 12 nitrogen and oxygen atoms in total. The lowest BCUT2D eigenvalue weighted by Gasteiger charge is -2.31. The maximum absolute atomic E-state index is 12.8. The fourth-order valence-corrected chi connectivity index (χ4v) is 7.37. The van der Waals surface area contributed by atoms with Crippen LogP contribution < -0.4 is 24.4 Å². The van der Waals surface area contributed by atoms with Gasteiger partial charge in [-0.3, -0.25) is 14.8 Å². The quantitative estimate of drug-likeness (QED) is 0.0692. The van der Waals surface area contributed by atoms with Crippen molar-refractivity contribution in [3.05, 3.63) is 35.6 Å². The average molecular weight is 680 g/mol. The van der Waals surface area contributed by atoms with E-state index in [9.17, 15) is 4.79 Å². The molecule has 246 valence electrons. The van der Waals surface area contributed by atoms with E-state index in [0.29, 0.717) is 34.1 Å². The predicted molar refractivity (Wildman–Crippen MR) is 180 cm³/mol. The molecule has 2 N–H and O–H groups in total. The summed E-state index contributed by atoms with van der Waals surface area (Å²) in [6.07, 6.45) is 9.95. The number of hydrogen-bond acceptors (Lipinski definition) is 13. The number of carbonyl (C=O) groups is 1. The second kappa shape index (κ2) is 16.0. The maximum Gasteiger partial charge on any atom is 0.323 e. The van der Waals surface area contributed by atoms with Gasteiger partial charge in [0.25, 0.3) is 0 Å². The predicted octanol–water partition coefficient (Wildman–Crippen LogP) is 6.19. The molecule has 1 aromatic heterocycles. The molecule has 5 unspecified atom stereocenters. The molecule has 1 aromatic carbocycles. The SMILES string of the molecule is C=Nc1c(N(C)C2OC(COP(NC(C)C(=O)OC3CCCC3)Oc3ccc(Cl)cc3)CC2C)ncnc1N(NSC)C1CC1. The number of carbonyl (C=O) groups excluding carboxylic acids is 1. The summed E-state index contributed by atoms with van der Waals surface area (Å²) in [5.41, 5.74) is 0.603. The van der Waals surface area contributed by atoms with Gasteiger partial charge in [-0.25, -0.2) is 15.1 Å². The van der Waals surface area contributed by atoms with Gasteiger partial charge in [0.15, 0.2) is 11.6 Å². The van der Waals surface area contributed by atoms with Gasteiger partial charge in [-0.2, -0.15) is 4.83 Å². The van der Waals surface area contributed by atoms with Crippen molar-refractivity contribution < 1.29 is 23.3 Å². The van der Waals surface area contributed by atoms with Crippen LogP contribution in [-0.4, -0.2) is 73.1 Å². The van der Waals surface area contributed by atoms with E-state index in [2.05, 4.69) is 38.5 Å². The highest BCUT2D eigenvalue weighted by atomic mass is 35.5. The fraction of sp³-hybridized carbons (Fsp3) is 0.600. The van der Waals surface area contributed by atoms with Crippen LogP contribution in [0.25, 0.3) is 0 Å². The van der Waals surface area contributed by atoms with Crippen molar-refractivity contribution in [1.29, 1.82) is 0 Å². The minimum Gasteiger partial charge on any atom is -0.461 e. The first-order valence-corrected chi connectivity index (χ1v) is 18.2. The molecule has 2 heterocycles. The first-order valence-electron chi connectivity index (χ1n) is 15.4. The van der Waals surface area contributed by atoms with Crippen molar-refractivity contribution in [3.8, 4) is 5.75 Å². The summed E-state index contributed by atoms with van der Waals surface area (Å²) in [7, 11) is 0.239. The second-order valence-electron chi connectivity index (χ2n) is 11.7. The summed E-state index contributed by atoms with van der Waals surface area (Å²) in [5.74, 6) is 1.77. The van der Waals surface area contributed by atoms with Crippen LogP contribution in [0.5, 0.6) is 5.75 Å². The molecular formula is C30H43ClN7O5PS. The van der Waals surface area contributed by atoms with Gasteiger partial charge in [0, 0.05) is 24.0 Å². The smallest absolute Gasteiger partial charge is 0.323 e. The van der Waals surface area contributed by atoms with Gasteiger partial charge in [-0.15, -0.1) is 0 Å². The monoisotopic (exact) mass is 679 g/mol. The number of nitrogens with zero attached hydrogens (tertiary/aromatic N) is 5. The van der Waals surface area contributed by atoms with E-state index >= 15 is 0 Å². The summed E-state index contributed by atoms with van der Waals surface area (Å²) in [6, 6.07) is 6.78. The van der Waals surface area contributed by atoms with E-state index in [1.165, 1.54) is 11.9 Å². The summed E-state index contributed by atoms with van der Waals surface area (Å²) in [6.45, 7) is 8.00. The lowest BCUT2D eigenvalue weighted by Crippen LogP contribution is -2.38. The van der Waals surface area contributed by atoms with Gasteiger partial charge < -0.3 is 23.4 Å². The van der Waals surface area contributed by atoms with E-state index in [-0.39, 0.29) is 36.9 Å². The molecule has 5 rings (SSSR count). The number of ether oxygens (including phenoxy) is 2. The van der Waals surface area contributed by atoms with Crippen LogP contribution in [0.1, 0.15) is 58.8 Å². The molecular weight excluding hydrogens is 637 g/mol. The molecule has 0 amide bonds. The molecule has 3 aliphatic rings. The van der Waals surface area contributed by atoms with Crippen molar-refractivity contribution in [1.82, 2.24) is 19.9 Å². The number of halogens is 1. The zero-order chi connectivity index (χ0) is 31.9. The zero-order valence-corrected chi connectivity index (χ0v) is 28.7. The van der Waals surface area contributed by atoms with E-state index in [1.807, 2.05) is 23.2 Å². The topological polar surface area (TPSA) is 123 Å². The molecule has 0 bridgehead atoms. The number of aromatic nitrogens is 2. The van der Waals surface area contributed by atoms with E-state index < -0.39 is 14.6 Å². The number of hydrogen-bond donors (Lipinski definition) is 2. The molecule has 1 saturated heterocycles. The molecule has 0 radical (unpaired) electrons. The average Bonchev–Trinajstić information content (AvgIpc) is 3.62. The maximum atomic E-state index is 12.8. The highest BCUT2D eigenvalue weighted by molar-refractivity contribution is 7.96. The van der Waals surface area contributed by atoms with Crippen LogP contribution in [0.15, 0.2) is 35.6 Å². The lowest BCUT2D eigenvalue weighted by molar-refractivity contribution is -0.150. The highest BCUT2D eigenvalue weighted by Crippen LogP contribution is 2.42. The van der Waals surface area contributed by atoms with Crippen molar-refractivity contribution >= 4 is 62.1 Å². The largest absolute Gasteiger partial charge is 0.461 e. The summed E-state index contributed by atoms with van der Waals surface area (Å²) in [4.78, 5) is 31.6. The van der Waals surface area contributed by atoms with Crippen LogP contribution in [0.2, 0.25) is 5.02 Å². The van der Waals surface area contributed by atoms with Crippen LogP contribution in [0.4, 0.5) is 17.3 Å². The van der Waals surface area contributed by atoms with Crippen LogP contribution in [0.3, 0.4) is 0 Å². The molecule has 5 atom stereocenters. The third-order valence-corrected chi connectivity index (χ3v) is 10.0. The van der Waals surface area contributed by atoms with Crippen molar-refractivity contribution in [3.63, 3.8) is 0 Å². The Bertz CT molecular complexity index is 1290. The van der Waals surface area contributed by atoms with E-state index in [0.717, 1.165) is 44.9 Å². The number of anilines is 2. The van der Waals surface area contributed by atoms with Crippen molar-refractivity contribution in [2.75, 3.05) is 29.8 Å². The third kappa shape index (κ3) is 8.97. The van der Waals surface area contributed by atoms with Crippen molar-refractivity contribution in [2.24, 2.45) is 10.9 Å². The van der Waals surface area contributed by atoms with E-state index in [1.54, 1.807) is 37.5 Å². The van der Waals surface area contributed by atoms with Crippen LogP contribution in [-0.2, 0) is 18.8 Å². The van der Waals surface area contributed by atoms with E-state index in [4.69, 9.17) is 30.1 Å². The zero-order valence-electron chi connectivity index (χ0n) is 26.2. The minimum absolute atomic E-state index is 0.0188. The minimum atomic E-state index is -1.71. The molecule has 1 aliphatic heterocycles. The van der Waals surface area contributed by atoms with Gasteiger partial charge in [-0.05, 0) is 89.1 Å². The number of esters is 1. The molecule has 45 heavy (non-hydrogen) atoms. The van der Waals surface area contributed by atoms with Gasteiger partial charge in [0.2, 0.25) is 0 Å². The molecule has 2 aromatic rings. The Morgan fingerprint density at radius 1 is 1.22 bits per heavy atom. The Morgan fingerprint density at radius 3 is 2.60 bits per heavy atom. The van der Waals surface area contributed by atoms with Gasteiger partial charge >= 0.3 is 14.5 Å². The van der Waals surface area contributed by atoms with Gasteiger partial charge in [0.1, 0.15) is 36.1 Å². The number of benzene rings is 1. The van der Waals surface area contributed by atoms with Gasteiger partial charge in [0.05, 0.1) is 12.7 Å². The van der Waals surface area contributed by atoms with Crippen molar-refractivity contribution in [2.45, 2.75) is 89.3 Å². The molecule has 2 aliphatic carbocycles. The Labute approximate surface area is 276 Å². The Hall–Kier alpha value is -2.25. The lowest BCUT2D eigenvalue weighted by atomic mass is 10.1. The summed E-state index contributed by atoms with van der Waals surface area (Å²) >= 11 is 7.58. The standard InChI is InChI=1S/C30H43ClN7O5PS/c1-19-16-25(41-29(19)37(4)27-26(32-3)28(34-18-33-27)38(36-45-5)22-12-13-22)17-40-44(43-24-14-10-21(31)11-15-24)35-20(2)30(39)42-23-8-6-7-9-23/h10-11,14-15,18-20,22-23,25,29,35-36H,3,6-9,12-13,16-17H2,1-2,4-5H3. The molecule has 15 heteroatoms. The number of hydrazine groups is 1. The first-order chi connectivity index (χ1) is 21.8. The van der Waals surface area contributed by atoms with Crippen LogP contribution in [0, 0.1) is 5.92 Å². The Morgan fingerprint density at radius 2 is 1.93 bits per heavy atom. The molecule has 0 spiro atoms. The first kappa shape index (κ1) is 34.1. The number of aliphatic imine (C=N–C) groups is 1. The van der Waals surface area contributed by atoms with Gasteiger partial charge in [-0.1, -0.05) is 30.5 Å². The Kier molecular flexibility index (Phi) is 12.2. The fourth-order valence-electron chi connectivity index (χ4n) is 5.59. The number of rotatable bonds is 16. The Balaban J connectivity index is 1.23. The molecule has 2 saturated carbocycles. The van der Waals surface area contributed by atoms with Crippen LogP contribution >= 0.6 is 32.1 Å². The second-order valence-corrected chi connectivity index (χ2v) is 13.9. The summed E-state index contributed by atoms with van der Waals surface area (Å²) in [5, 5.41) is 5.85. The third-order valence-electron chi connectivity index (χ3n) is 8.06. The summed E-state index contributed by atoms with van der Waals surface area (Å²) < 4.78 is 24.6.